The number of unbranched alkanes of at least 4 members (excludes halogenated alkanes) is 1. The van der Waals surface area contributed by atoms with Gasteiger partial charge < -0.3 is 19.5 Å². The van der Waals surface area contributed by atoms with E-state index >= 15 is 0 Å². The molecule has 6 heteroatoms. The Balaban J connectivity index is 1.74. The minimum Gasteiger partial charge on any atom is -0.490 e. The summed E-state index contributed by atoms with van der Waals surface area (Å²) in [5, 5.41) is 3.06. The highest BCUT2D eigenvalue weighted by Gasteiger charge is 2.06. The van der Waals surface area contributed by atoms with E-state index in [2.05, 4.69) is 5.32 Å². The van der Waals surface area contributed by atoms with Crippen molar-refractivity contribution < 1.29 is 19.0 Å². The summed E-state index contributed by atoms with van der Waals surface area (Å²) in [7, 11) is 0. The van der Waals surface area contributed by atoms with Gasteiger partial charge in [0.1, 0.15) is 23.9 Å². The van der Waals surface area contributed by atoms with Crippen molar-refractivity contribution in [2.45, 2.75) is 19.8 Å². The molecule has 2 aromatic rings. The molecule has 0 radical (unpaired) electrons. The fraction of sp³-hybridized carbons (Fsp3) is 0.316. The average Bonchev–Trinajstić information content (AvgIpc) is 2.61. The number of hydrogen-bond acceptors (Lipinski definition) is 4. The SMILES string of the molecule is CCCCOC(=O)NCCOc1ccc(Oc2ccccc2)cc1Cl. The predicted molar refractivity (Wildman–Crippen MR) is 97.7 cm³/mol. The number of nitrogens with one attached hydrogen (secondary N) is 1. The molecule has 0 spiro atoms. The maximum Gasteiger partial charge on any atom is 0.407 e. The number of carbonyl (C=O) groups excluding carboxylic acids is 1. The lowest BCUT2D eigenvalue weighted by Crippen LogP contribution is -2.29. The van der Waals surface area contributed by atoms with Crippen LogP contribution in [-0.4, -0.2) is 25.9 Å². The molecule has 1 amide bonds. The number of rotatable bonds is 9. The van der Waals surface area contributed by atoms with Crippen LogP contribution in [0.5, 0.6) is 17.2 Å². The van der Waals surface area contributed by atoms with E-state index in [9.17, 15) is 4.79 Å². The van der Waals surface area contributed by atoms with Crippen molar-refractivity contribution in [2.24, 2.45) is 0 Å². The molecule has 0 unspecified atom stereocenters. The number of halogens is 1. The molecule has 2 rings (SSSR count). The minimum atomic E-state index is -0.435. The van der Waals surface area contributed by atoms with Crippen LogP contribution >= 0.6 is 11.6 Å². The third-order valence-corrected chi connectivity index (χ3v) is 3.54. The van der Waals surface area contributed by atoms with Gasteiger partial charge in [-0.3, -0.25) is 0 Å². The molecule has 0 atom stereocenters. The third-order valence-electron chi connectivity index (χ3n) is 3.24. The Labute approximate surface area is 152 Å². The van der Waals surface area contributed by atoms with Gasteiger partial charge in [-0.2, -0.15) is 0 Å². The molecule has 25 heavy (non-hydrogen) atoms. The van der Waals surface area contributed by atoms with Crippen molar-refractivity contribution in [3.63, 3.8) is 0 Å². The Morgan fingerprint density at radius 3 is 2.60 bits per heavy atom. The maximum absolute atomic E-state index is 11.4. The van der Waals surface area contributed by atoms with Crippen LogP contribution in [0.15, 0.2) is 48.5 Å². The molecule has 0 saturated heterocycles. The minimum absolute atomic E-state index is 0.293. The fourth-order valence-corrected chi connectivity index (χ4v) is 2.19. The Morgan fingerprint density at radius 2 is 1.88 bits per heavy atom. The number of para-hydroxylation sites is 1. The van der Waals surface area contributed by atoms with E-state index in [4.69, 9.17) is 25.8 Å². The second kappa shape index (κ2) is 10.5. The zero-order valence-corrected chi connectivity index (χ0v) is 14.9. The van der Waals surface area contributed by atoms with Crippen molar-refractivity contribution in [3.8, 4) is 17.2 Å². The smallest absolute Gasteiger partial charge is 0.407 e. The lowest BCUT2D eigenvalue weighted by Gasteiger charge is -2.11. The van der Waals surface area contributed by atoms with Crippen LogP contribution in [-0.2, 0) is 4.74 Å². The Hall–Kier alpha value is -2.40. The molecule has 0 heterocycles. The van der Waals surface area contributed by atoms with Crippen LogP contribution in [0.4, 0.5) is 4.79 Å². The summed E-state index contributed by atoms with van der Waals surface area (Å²) in [5.74, 6) is 1.89. The summed E-state index contributed by atoms with van der Waals surface area (Å²) in [6.45, 7) is 3.10. The monoisotopic (exact) mass is 363 g/mol. The van der Waals surface area contributed by atoms with Gasteiger partial charge in [-0.25, -0.2) is 4.79 Å². The van der Waals surface area contributed by atoms with E-state index in [0.717, 1.165) is 18.6 Å². The van der Waals surface area contributed by atoms with Crippen LogP contribution in [0, 0.1) is 0 Å². The summed E-state index contributed by atoms with van der Waals surface area (Å²) >= 11 is 6.20. The summed E-state index contributed by atoms with van der Waals surface area (Å²) in [6.07, 6.45) is 1.41. The summed E-state index contributed by atoms with van der Waals surface area (Å²) in [4.78, 5) is 11.4. The standard InChI is InChI=1S/C19H22ClNO4/c1-2-3-12-24-19(22)21-11-13-23-18-10-9-16(14-17(18)20)25-15-7-5-4-6-8-15/h4-10,14H,2-3,11-13H2,1H3,(H,21,22). The van der Waals surface area contributed by atoms with Gasteiger partial charge in [-0.15, -0.1) is 0 Å². The topological polar surface area (TPSA) is 56.8 Å². The van der Waals surface area contributed by atoms with E-state index in [-0.39, 0.29) is 0 Å². The number of alkyl carbamates (subject to hydrolysis) is 1. The van der Waals surface area contributed by atoms with E-state index in [1.54, 1.807) is 18.2 Å². The summed E-state index contributed by atoms with van der Waals surface area (Å²) < 4.78 is 16.2. The molecular formula is C19H22ClNO4. The Morgan fingerprint density at radius 1 is 1.08 bits per heavy atom. The van der Waals surface area contributed by atoms with Gasteiger partial charge in [0.2, 0.25) is 0 Å². The van der Waals surface area contributed by atoms with Gasteiger partial charge in [0, 0.05) is 6.07 Å². The first-order valence-corrected chi connectivity index (χ1v) is 8.62. The third kappa shape index (κ3) is 6.93. The molecule has 0 bridgehead atoms. The average molecular weight is 364 g/mol. The van der Waals surface area contributed by atoms with Gasteiger partial charge in [0.15, 0.2) is 0 Å². The second-order valence-electron chi connectivity index (χ2n) is 5.27. The van der Waals surface area contributed by atoms with Gasteiger partial charge in [-0.1, -0.05) is 43.1 Å². The highest BCUT2D eigenvalue weighted by Crippen LogP contribution is 2.31. The first-order valence-electron chi connectivity index (χ1n) is 8.25. The zero-order valence-electron chi connectivity index (χ0n) is 14.2. The normalized spacial score (nSPS) is 10.2. The zero-order chi connectivity index (χ0) is 17.9. The fourth-order valence-electron chi connectivity index (χ4n) is 1.96. The van der Waals surface area contributed by atoms with Gasteiger partial charge in [-0.05, 0) is 30.7 Å². The lowest BCUT2D eigenvalue weighted by molar-refractivity contribution is 0.142. The van der Waals surface area contributed by atoms with Gasteiger partial charge in [0.05, 0.1) is 18.2 Å². The maximum atomic E-state index is 11.4. The molecule has 0 fully saturated rings. The summed E-state index contributed by atoms with van der Waals surface area (Å²) in [5.41, 5.74) is 0. The van der Waals surface area contributed by atoms with Gasteiger partial charge in [0.25, 0.3) is 0 Å². The number of amides is 1. The molecule has 134 valence electrons. The molecular weight excluding hydrogens is 342 g/mol. The number of hydrogen-bond donors (Lipinski definition) is 1. The molecule has 5 nitrogen and oxygen atoms in total. The van der Waals surface area contributed by atoms with Crippen LogP contribution < -0.4 is 14.8 Å². The Kier molecular flexibility index (Phi) is 7.92. The van der Waals surface area contributed by atoms with Crippen molar-refractivity contribution >= 4 is 17.7 Å². The van der Waals surface area contributed by atoms with Gasteiger partial charge >= 0.3 is 6.09 Å². The largest absolute Gasteiger partial charge is 0.490 e. The first kappa shape index (κ1) is 18.9. The highest BCUT2D eigenvalue weighted by molar-refractivity contribution is 6.32. The van der Waals surface area contributed by atoms with Crippen molar-refractivity contribution in [1.82, 2.24) is 5.32 Å². The van der Waals surface area contributed by atoms with E-state index in [1.165, 1.54) is 0 Å². The molecule has 0 aliphatic heterocycles. The molecule has 0 aliphatic carbocycles. The van der Waals surface area contributed by atoms with Crippen LogP contribution in [0.3, 0.4) is 0 Å². The van der Waals surface area contributed by atoms with Crippen molar-refractivity contribution in [1.29, 1.82) is 0 Å². The van der Waals surface area contributed by atoms with E-state index in [1.807, 2.05) is 37.3 Å². The Bertz CT molecular complexity index is 664. The van der Waals surface area contributed by atoms with Crippen LogP contribution in [0.1, 0.15) is 19.8 Å². The van der Waals surface area contributed by atoms with Crippen molar-refractivity contribution in [3.05, 3.63) is 53.6 Å². The number of ether oxygens (including phenoxy) is 3. The number of benzene rings is 2. The number of carbonyl (C=O) groups is 1. The van der Waals surface area contributed by atoms with Crippen LogP contribution in [0.2, 0.25) is 5.02 Å². The molecule has 1 N–H and O–H groups in total. The predicted octanol–water partition coefficient (Wildman–Crippen LogP) is 5.04. The van der Waals surface area contributed by atoms with Crippen molar-refractivity contribution in [2.75, 3.05) is 19.8 Å². The second-order valence-corrected chi connectivity index (χ2v) is 5.68. The molecule has 2 aromatic carbocycles. The first-order chi connectivity index (χ1) is 12.2. The quantitative estimate of drug-likeness (QED) is 0.634. The van der Waals surface area contributed by atoms with E-state index < -0.39 is 6.09 Å². The lowest BCUT2D eigenvalue weighted by atomic mass is 10.3. The highest BCUT2D eigenvalue weighted by atomic mass is 35.5. The van der Waals surface area contributed by atoms with Crippen LogP contribution in [0.25, 0.3) is 0 Å². The molecule has 0 aromatic heterocycles. The van der Waals surface area contributed by atoms with E-state index in [0.29, 0.717) is 36.3 Å². The molecule has 0 aliphatic rings. The summed E-state index contributed by atoms with van der Waals surface area (Å²) in [6, 6.07) is 14.7. The molecule has 0 saturated carbocycles.